The molecule has 0 saturated heterocycles. The van der Waals surface area contributed by atoms with Crippen LogP contribution in [0.4, 0.5) is 4.39 Å². The SMILES string of the molecule is OC(Cc1ccc(Cl)c(Cl)c1)c1ccc(F)cc1I. The Morgan fingerprint density at radius 1 is 1.11 bits per heavy atom. The molecule has 0 aliphatic heterocycles. The first-order valence-corrected chi connectivity index (χ1v) is 7.38. The van der Waals surface area contributed by atoms with E-state index in [1.807, 2.05) is 28.7 Å². The maximum Gasteiger partial charge on any atom is 0.124 e. The second-order valence-corrected chi connectivity index (χ2v) is 6.11. The molecule has 19 heavy (non-hydrogen) atoms. The summed E-state index contributed by atoms with van der Waals surface area (Å²) in [7, 11) is 0. The normalized spacial score (nSPS) is 12.5. The summed E-state index contributed by atoms with van der Waals surface area (Å²) in [4.78, 5) is 0. The number of hydrogen-bond acceptors (Lipinski definition) is 1. The second-order valence-electron chi connectivity index (χ2n) is 4.13. The van der Waals surface area contributed by atoms with E-state index in [0.29, 0.717) is 25.6 Å². The zero-order chi connectivity index (χ0) is 14.0. The summed E-state index contributed by atoms with van der Waals surface area (Å²) in [6.45, 7) is 0. The lowest BCUT2D eigenvalue weighted by Gasteiger charge is -2.13. The van der Waals surface area contributed by atoms with Gasteiger partial charge < -0.3 is 5.11 Å². The highest BCUT2D eigenvalue weighted by Gasteiger charge is 2.13. The molecule has 1 unspecified atom stereocenters. The van der Waals surface area contributed by atoms with Crippen LogP contribution in [0.1, 0.15) is 17.2 Å². The molecular formula is C14H10Cl2FIO. The quantitative estimate of drug-likeness (QED) is 0.705. The largest absolute Gasteiger partial charge is 0.388 e. The van der Waals surface area contributed by atoms with Gasteiger partial charge in [0.1, 0.15) is 5.82 Å². The maximum atomic E-state index is 13.0. The zero-order valence-electron chi connectivity index (χ0n) is 9.71. The first-order valence-electron chi connectivity index (χ1n) is 5.54. The van der Waals surface area contributed by atoms with Crippen LogP contribution in [-0.2, 0) is 6.42 Å². The Kier molecular flexibility index (Phi) is 5.06. The van der Waals surface area contributed by atoms with Gasteiger partial charge in [0.25, 0.3) is 0 Å². The van der Waals surface area contributed by atoms with E-state index in [1.165, 1.54) is 12.1 Å². The second kappa shape index (κ2) is 6.39. The average molecular weight is 411 g/mol. The minimum atomic E-state index is -0.704. The monoisotopic (exact) mass is 410 g/mol. The molecule has 2 rings (SSSR count). The van der Waals surface area contributed by atoms with Crippen LogP contribution >= 0.6 is 45.8 Å². The molecule has 0 saturated carbocycles. The summed E-state index contributed by atoms with van der Waals surface area (Å²) in [5.74, 6) is -0.310. The van der Waals surface area contributed by atoms with Gasteiger partial charge in [-0.25, -0.2) is 4.39 Å². The molecule has 0 aliphatic rings. The maximum absolute atomic E-state index is 13.0. The van der Waals surface area contributed by atoms with Gasteiger partial charge in [-0.3, -0.25) is 0 Å². The fourth-order valence-electron chi connectivity index (χ4n) is 1.77. The van der Waals surface area contributed by atoms with Gasteiger partial charge >= 0.3 is 0 Å². The van der Waals surface area contributed by atoms with Gasteiger partial charge in [0.2, 0.25) is 0 Å². The zero-order valence-corrected chi connectivity index (χ0v) is 13.4. The topological polar surface area (TPSA) is 20.2 Å². The van der Waals surface area contributed by atoms with Gasteiger partial charge in [-0.05, 0) is 58.0 Å². The van der Waals surface area contributed by atoms with Crippen LogP contribution in [0.3, 0.4) is 0 Å². The molecule has 5 heteroatoms. The lowest BCUT2D eigenvalue weighted by atomic mass is 10.0. The molecule has 0 amide bonds. The molecular weight excluding hydrogens is 401 g/mol. The summed E-state index contributed by atoms with van der Waals surface area (Å²) < 4.78 is 13.7. The molecule has 0 radical (unpaired) electrons. The Bertz CT molecular complexity index is 604. The van der Waals surface area contributed by atoms with Crippen LogP contribution in [0.15, 0.2) is 36.4 Å². The molecule has 2 aromatic carbocycles. The van der Waals surface area contributed by atoms with Gasteiger partial charge in [0.05, 0.1) is 16.1 Å². The van der Waals surface area contributed by atoms with Crippen molar-refractivity contribution in [1.29, 1.82) is 0 Å². The van der Waals surface area contributed by atoms with Crippen molar-refractivity contribution in [1.82, 2.24) is 0 Å². The number of halogens is 4. The lowest BCUT2D eigenvalue weighted by Crippen LogP contribution is -2.04. The first-order chi connectivity index (χ1) is 8.97. The van der Waals surface area contributed by atoms with Gasteiger partial charge in [0.15, 0.2) is 0 Å². The summed E-state index contributed by atoms with van der Waals surface area (Å²) in [5, 5.41) is 11.1. The van der Waals surface area contributed by atoms with Gasteiger partial charge in [0, 0.05) is 9.99 Å². The first kappa shape index (κ1) is 15.0. The van der Waals surface area contributed by atoms with E-state index < -0.39 is 6.10 Å². The van der Waals surface area contributed by atoms with Crippen LogP contribution in [0.2, 0.25) is 10.0 Å². The Balaban J connectivity index is 2.20. The number of rotatable bonds is 3. The van der Waals surface area contributed by atoms with E-state index in [4.69, 9.17) is 23.2 Å². The Labute approximate surface area is 134 Å². The van der Waals surface area contributed by atoms with E-state index in [9.17, 15) is 9.50 Å². The third-order valence-electron chi connectivity index (χ3n) is 2.73. The number of aliphatic hydroxyl groups excluding tert-OH is 1. The van der Waals surface area contributed by atoms with E-state index >= 15 is 0 Å². The van der Waals surface area contributed by atoms with Crippen LogP contribution in [0.25, 0.3) is 0 Å². The molecule has 2 aromatic rings. The smallest absolute Gasteiger partial charge is 0.124 e. The van der Waals surface area contributed by atoms with Gasteiger partial charge in [-0.2, -0.15) is 0 Å². The average Bonchev–Trinajstić information content (AvgIpc) is 2.33. The third kappa shape index (κ3) is 3.81. The molecule has 0 aliphatic carbocycles. The summed E-state index contributed by atoms with van der Waals surface area (Å²) in [5.41, 5.74) is 1.58. The minimum absolute atomic E-state index is 0.310. The van der Waals surface area contributed by atoms with Crippen molar-refractivity contribution in [3.05, 3.63) is 67.0 Å². The summed E-state index contributed by atoms with van der Waals surface area (Å²) in [6.07, 6.45) is -0.303. The van der Waals surface area contributed by atoms with Crippen LogP contribution < -0.4 is 0 Å². The van der Waals surface area contributed by atoms with Crippen molar-refractivity contribution in [2.75, 3.05) is 0 Å². The number of benzene rings is 2. The van der Waals surface area contributed by atoms with Crippen LogP contribution in [0, 0.1) is 9.39 Å². The Morgan fingerprint density at radius 2 is 1.84 bits per heavy atom. The van der Waals surface area contributed by atoms with Crippen molar-refractivity contribution >= 4 is 45.8 Å². The molecule has 0 fully saturated rings. The van der Waals surface area contributed by atoms with Crippen molar-refractivity contribution in [2.24, 2.45) is 0 Å². The van der Waals surface area contributed by atoms with Crippen molar-refractivity contribution in [2.45, 2.75) is 12.5 Å². The van der Waals surface area contributed by atoms with Crippen LogP contribution in [-0.4, -0.2) is 5.11 Å². The molecule has 0 bridgehead atoms. The third-order valence-corrected chi connectivity index (χ3v) is 4.41. The molecule has 1 nitrogen and oxygen atoms in total. The van der Waals surface area contributed by atoms with Crippen molar-refractivity contribution < 1.29 is 9.50 Å². The summed E-state index contributed by atoms with van der Waals surface area (Å²) in [6, 6.07) is 9.57. The highest BCUT2D eigenvalue weighted by atomic mass is 127. The molecule has 100 valence electrons. The Hall–Kier alpha value is -0.360. The summed E-state index contributed by atoms with van der Waals surface area (Å²) >= 11 is 13.8. The predicted octanol–water partition coefficient (Wildman–Crippen LogP) is 5.01. The molecule has 0 aromatic heterocycles. The van der Waals surface area contributed by atoms with Crippen molar-refractivity contribution in [3.8, 4) is 0 Å². The number of hydrogen-bond donors (Lipinski definition) is 1. The molecule has 1 N–H and O–H groups in total. The van der Waals surface area contributed by atoms with E-state index in [2.05, 4.69) is 0 Å². The van der Waals surface area contributed by atoms with E-state index in [1.54, 1.807) is 18.2 Å². The standard InChI is InChI=1S/C14H10Cl2FIO/c15-11-4-1-8(5-12(11)16)6-14(19)10-3-2-9(17)7-13(10)18/h1-5,7,14,19H,6H2. The minimum Gasteiger partial charge on any atom is -0.388 e. The van der Waals surface area contributed by atoms with Crippen molar-refractivity contribution in [3.63, 3.8) is 0 Å². The molecule has 1 atom stereocenters. The van der Waals surface area contributed by atoms with E-state index in [-0.39, 0.29) is 5.82 Å². The molecule has 0 spiro atoms. The lowest BCUT2D eigenvalue weighted by molar-refractivity contribution is 0.177. The highest BCUT2D eigenvalue weighted by Crippen LogP contribution is 2.27. The predicted molar refractivity (Wildman–Crippen MR) is 84.2 cm³/mol. The number of aliphatic hydroxyl groups is 1. The Morgan fingerprint density at radius 3 is 2.47 bits per heavy atom. The van der Waals surface area contributed by atoms with E-state index in [0.717, 1.165) is 5.56 Å². The molecule has 0 heterocycles. The fourth-order valence-corrected chi connectivity index (χ4v) is 2.93. The van der Waals surface area contributed by atoms with Gasteiger partial charge in [-0.1, -0.05) is 35.3 Å². The fraction of sp³-hybridized carbons (Fsp3) is 0.143. The highest BCUT2D eigenvalue weighted by molar-refractivity contribution is 14.1. The van der Waals surface area contributed by atoms with Crippen LogP contribution in [0.5, 0.6) is 0 Å². The van der Waals surface area contributed by atoms with Gasteiger partial charge in [-0.15, -0.1) is 0 Å².